The van der Waals surface area contributed by atoms with E-state index in [0.717, 1.165) is 0 Å². The number of hydrogen-bond acceptors (Lipinski definition) is 9. The zero-order chi connectivity index (χ0) is 26.0. The van der Waals surface area contributed by atoms with Crippen LogP contribution in [-0.4, -0.2) is 78.0 Å². The van der Waals surface area contributed by atoms with Gasteiger partial charge in [0.1, 0.15) is 23.0 Å². The largest absolute Gasteiger partial charge is 0.465 e. The topological polar surface area (TPSA) is 124 Å². The lowest BCUT2D eigenvalue weighted by atomic mass is 10.0. The van der Waals surface area contributed by atoms with Crippen LogP contribution in [0.4, 0.5) is 5.13 Å². The van der Waals surface area contributed by atoms with Crippen molar-refractivity contribution in [2.24, 2.45) is 0 Å². The van der Waals surface area contributed by atoms with Crippen LogP contribution in [0.3, 0.4) is 0 Å². The smallest absolute Gasteiger partial charge is 0.350 e. The van der Waals surface area contributed by atoms with Crippen LogP contribution in [0.1, 0.15) is 32.3 Å². The van der Waals surface area contributed by atoms with Crippen molar-refractivity contribution in [3.8, 4) is 11.5 Å². The van der Waals surface area contributed by atoms with E-state index in [1.54, 1.807) is 38.1 Å². The van der Waals surface area contributed by atoms with Gasteiger partial charge >= 0.3 is 5.97 Å². The minimum Gasteiger partial charge on any atom is -0.465 e. The van der Waals surface area contributed by atoms with Gasteiger partial charge < -0.3 is 34.0 Å². The molecule has 1 fully saturated rings. The highest BCUT2D eigenvalue weighted by molar-refractivity contribution is 7.17. The second kappa shape index (κ2) is 11.2. The minimum atomic E-state index is -0.497. The number of hydrogen-bond donors (Lipinski definition) is 2. The van der Waals surface area contributed by atoms with E-state index in [4.69, 9.17) is 42.4 Å². The van der Waals surface area contributed by atoms with Crippen molar-refractivity contribution in [1.82, 2.24) is 24.8 Å². The first-order valence-corrected chi connectivity index (χ1v) is 12.6. The molecule has 194 valence electrons. The maximum Gasteiger partial charge on any atom is 0.350 e. The van der Waals surface area contributed by atoms with E-state index in [1.807, 2.05) is 4.90 Å². The summed E-state index contributed by atoms with van der Waals surface area (Å²) in [7, 11) is 4.49. The molecule has 14 heteroatoms. The second-order valence-corrected chi connectivity index (χ2v) is 9.88. The first-order valence-electron chi connectivity index (χ1n) is 11.0. The lowest BCUT2D eigenvalue weighted by Gasteiger charge is -2.37. The van der Waals surface area contributed by atoms with Gasteiger partial charge in [0, 0.05) is 45.4 Å². The zero-order valence-corrected chi connectivity index (χ0v) is 22.5. The number of thiazole rings is 1. The Hall–Kier alpha value is -2.64. The number of ether oxygens (including phenoxy) is 3. The number of amides is 1. The number of methoxy groups -OCH3 is 3. The Morgan fingerprint density at radius 1 is 1.28 bits per heavy atom. The van der Waals surface area contributed by atoms with Crippen LogP contribution >= 0.6 is 34.5 Å². The van der Waals surface area contributed by atoms with Gasteiger partial charge in [0.2, 0.25) is 0 Å². The molecule has 11 nitrogen and oxygen atoms in total. The molecule has 0 spiro atoms. The van der Waals surface area contributed by atoms with Gasteiger partial charge in [-0.1, -0.05) is 34.5 Å². The van der Waals surface area contributed by atoms with Crippen molar-refractivity contribution >= 4 is 51.5 Å². The number of carbonyl (C=O) groups excluding carboxylic acids is 2. The third-order valence-corrected chi connectivity index (χ3v) is 7.96. The molecule has 2 N–H and O–H groups in total. The van der Waals surface area contributed by atoms with E-state index in [9.17, 15) is 9.59 Å². The van der Waals surface area contributed by atoms with Crippen molar-refractivity contribution in [2.75, 3.05) is 39.3 Å². The molecule has 0 radical (unpaired) electrons. The van der Waals surface area contributed by atoms with Gasteiger partial charge in [-0.2, -0.15) is 0 Å². The van der Waals surface area contributed by atoms with Crippen molar-refractivity contribution in [3.63, 3.8) is 0 Å². The number of piperidine rings is 1. The SMILES string of the molecule is COCn1ccnc1-c1nc(N2CCC(NC(=O)c3[nH]c(C)c(Cl)c3Cl)C(OC)C2)sc1C(=O)OC. The Bertz CT molecular complexity index is 1260. The van der Waals surface area contributed by atoms with Crippen molar-refractivity contribution in [1.29, 1.82) is 0 Å². The molecule has 2 atom stereocenters. The Morgan fingerprint density at radius 2 is 2.06 bits per heavy atom. The van der Waals surface area contributed by atoms with Crippen LogP contribution < -0.4 is 10.2 Å². The number of carbonyl (C=O) groups is 2. The standard InChI is InChI=1S/C22H26Cl2N6O5S/c1-11-14(23)15(24)16(26-11)20(31)27-12-5-7-29(9-13(12)34-3)22-28-17(18(36-22)21(32)35-4)19-25-6-8-30(19)10-33-2/h6,8,12-13,26H,5,7,9-10H2,1-4H3,(H,27,31). The molecular weight excluding hydrogens is 531 g/mol. The van der Waals surface area contributed by atoms with Gasteiger partial charge in [0.05, 0.1) is 29.3 Å². The summed E-state index contributed by atoms with van der Waals surface area (Å²) in [6, 6.07) is -0.266. The average Bonchev–Trinajstić information content (AvgIpc) is 3.58. The first kappa shape index (κ1) is 26.4. The predicted octanol–water partition coefficient (Wildman–Crippen LogP) is 3.36. The fourth-order valence-corrected chi connectivity index (χ4v) is 5.49. The molecule has 1 aliphatic heterocycles. The molecule has 0 saturated carbocycles. The van der Waals surface area contributed by atoms with E-state index in [1.165, 1.54) is 18.4 Å². The maximum atomic E-state index is 12.8. The van der Waals surface area contributed by atoms with E-state index in [-0.39, 0.29) is 35.5 Å². The minimum absolute atomic E-state index is 0.190. The van der Waals surface area contributed by atoms with E-state index in [2.05, 4.69) is 15.3 Å². The molecule has 1 aliphatic rings. The fourth-order valence-electron chi connectivity index (χ4n) is 4.06. The number of anilines is 1. The molecule has 4 heterocycles. The molecule has 0 aromatic carbocycles. The normalized spacial score (nSPS) is 17.9. The quantitative estimate of drug-likeness (QED) is 0.405. The molecule has 0 bridgehead atoms. The summed E-state index contributed by atoms with van der Waals surface area (Å²) in [6.07, 6.45) is 3.61. The van der Waals surface area contributed by atoms with Crippen LogP contribution in [0.5, 0.6) is 0 Å². The molecule has 2 unspecified atom stereocenters. The number of nitrogens with zero attached hydrogens (tertiary/aromatic N) is 4. The first-order chi connectivity index (χ1) is 17.3. The van der Waals surface area contributed by atoms with Crippen molar-refractivity contribution in [2.45, 2.75) is 32.2 Å². The lowest BCUT2D eigenvalue weighted by Crippen LogP contribution is -2.55. The number of rotatable bonds is 8. The summed E-state index contributed by atoms with van der Waals surface area (Å²) < 4.78 is 17.7. The number of halogens is 2. The number of aromatic nitrogens is 4. The Labute approximate surface area is 221 Å². The molecule has 1 amide bonds. The van der Waals surface area contributed by atoms with Gasteiger partial charge in [-0.3, -0.25) is 4.79 Å². The Balaban J connectivity index is 1.54. The summed E-state index contributed by atoms with van der Waals surface area (Å²) in [6.45, 7) is 3.02. The highest BCUT2D eigenvalue weighted by atomic mass is 35.5. The van der Waals surface area contributed by atoms with Gasteiger partial charge in [-0.25, -0.2) is 14.8 Å². The van der Waals surface area contributed by atoms with E-state index >= 15 is 0 Å². The highest BCUT2D eigenvalue weighted by Gasteiger charge is 2.34. The Kier molecular flexibility index (Phi) is 8.20. The van der Waals surface area contributed by atoms with Crippen LogP contribution in [0.25, 0.3) is 11.5 Å². The number of H-pyrrole nitrogens is 1. The van der Waals surface area contributed by atoms with Crippen LogP contribution in [0.2, 0.25) is 10.0 Å². The predicted molar refractivity (Wildman–Crippen MR) is 136 cm³/mol. The molecule has 36 heavy (non-hydrogen) atoms. The highest BCUT2D eigenvalue weighted by Crippen LogP contribution is 2.35. The second-order valence-electron chi connectivity index (χ2n) is 8.15. The molecular formula is C22H26Cl2N6O5S. The number of nitrogens with one attached hydrogen (secondary N) is 2. The van der Waals surface area contributed by atoms with E-state index < -0.39 is 5.97 Å². The van der Waals surface area contributed by atoms with Crippen LogP contribution in [0.15, 0.2) is 12.4 Å². The van der Waals surface area contributed by atoms with Crippen LogP contribution in [0, 0.1) is 6.92 Å². The zero-order valence-electron chi connectivity index (χ0n) is 20.1. The summed E-state index contributed by atoms with van der Waals surface area (Å²) >= 11 is 13.5. The third kappa shape index (κ3) is 5.09. The molecule has 0 aliphatic carbocycles. The summed E-state index contributed by atoms with van der Waals surface area (Å²) in [5, 5.41) is 4.13. The summed E-state index contributed by atoms with van der Waals surface area (Å²) in [5.41, 5.74) is 1.26. The monoisotopic (exact) mass is 556 g/mol. The summed E-state index contributed by atoms with van der Waals surface area (Å²) in [4.78, 5) is 39.8. The van der Waals surface area contributed by atoms with Gasteiger partial charge in [0.25, 0.3) is 5.91 Å². The summed E-state index contributed by atoms with van der Waals surface area (Å²) in [5.74, 6) is -0.352. The third-order valence-electron chi connectivity index (χ3n) is 5.91. The van der Waals surface area contributed by atoms with Crippen LogP contribution in [-0.2, 0) is 20.9 Å². The maximum absolute atomic E-state index is 12.8. The molecule has 4 rings (SSSR count). The fraction of sp³-hybridized carbons (Fsp3) is 0.455. The van der Waals surface area contributed by atoms with Gasteiger partial charge in [0.15, 0.2) is 11.0 Å². The molecule has 3 aromatic heterocycles. The van der Waals surface area contributed by atoms with E-state index in [0.29, 0.717) is 51.8 Å². The van der Waals surface area contributed by atoms with Gasteiger partial charge in [-0.05, 0) is 13.3 Å². The molecule has 3 aromatic rings. The number of imidazole rings is 1. The van der Waals surface area contributed by atoms with Gasteiger partial charge in [-0.15, -0.1) is 0 Å². The number of aromatic amines is 1. The van der Waals surface area contributed by atoms with Crippen molar-refractivity contribution < 1.29 is 23.8 Å². The van der Waals surface area contributed by atoms with Crippen molar-refractivity contribution in [3.05, 3.63) is 38.7 Å². The number of esters is 1. The lowest BCUT2D eigenvalue weighted by molar-refractivity contribution is 0.0540. The Morgan fingerprint density at radius 3 is 2.69 bits per heavy atom. The number of aryl methyl sites for hydroxylation is 1. The molecule has 1 saturated heterocycles. The average molecular weight is 557 g/mol.